The van der Waals surface area contributed by atoms with Crippen molar-refractivity contribution in [3.05, 3.63) is 46.4 Å². The normalized spacial score (nSPS) is 11.1. The fraction of sp³-hybridized carbons (Fsp3) is 0.0667. The van der Waals surface area contributed by atoms with E-state index in [-0.39, 0.29) is 0 Å². The first kappa shape index (κ1) is 14.9. The Morgan fingerprint density at radius 3 is 2.96 bits per heavy atom. The Bertz CT molecular complexity index is 1040. The van der Waals surface area contributed by atoms with Crippen molar-refractivity contribution in [3.8, 4) is 11.5 Å². The molecule has 0 amide bonds. The van der Waals surface area contributed by atoms with Gasteiger partial charge >= 0.3 is 0 Å². The lowest BCUT2D eigenvalue weighted by Crippen LogP contribution is -1.97. The lowest BCUT2D eigenvalue weighted by Gasteiger charge is -2.07. The van der Waals surface area contributed by atoms with Gasteiger partial charge in [0.05, 0.1) is 0 Å². The van der Waals surface area contributed by atoms with Crippen molar-refractivity contribution in [2.24, 2.45) is 0 Å². The molecule has 9 heteroatoms. The van der Waals surface area contributed by atoms with Crippen LogP contribution in [0.3, 0.4) is 0 Å². The zero-order valence-corrected chi connectivity index (χ0v) is 14.1. The van der Waals surface area contributed by atoms with Gasteiger partial charge in [0, 0.05) is 16.8 Å². The van der Waals surface area contributed by atoms with Crippen LogP contribution in [0.15, 0.2) is 35.7 Å². The summed E-state index contributed by atoms with van der Waals surface area (Å²) in [4.78, 5) is 4.56. The molecule has 0 aliphatic rings. The van der Waals surface area contributed by atoms with E-state index in [0.717, 1.165) is 16.4 Å². The zero-order chi connectivity index (χ0) is 16.7. The Morgan fingerprint density at radius 2 is 2.08 bits per heavy atom. The summed E-state index contributed by atoms with van der Waals surface area (Å²) >= 11 is 7.42. The average Bonchev–Trinajstić information content (AvgIpc) is 3.17. The van der Waals surface area contributed by atoms with E-state index in [1.165, 1.54) is 11.3 Å². The standard InChI is InChI=1S/C15H12ClN7S/c1-8-2-3-9(17)6-10(8)18-15-19-11(7-24-15)14-21-20-13-5-4-12(16)22-23(13)14/h2-7H,17H2,1H3,(H,18,19). The first-order valence-electron chi connectivity index (χ1n) is 7.07. The Kier molecular flexibility index (Phi) is 3.55. The van der Waals surface area contributed by atoms with Crippen LogP contribution in [0.4, 0.5) is 16.5 Å². The third-order valence-corrected chi connectivity index (χ3v) is 4.43. The van der Waals surface area contributed by atoms with E-state index in [9.17, 15) is 0 Å². The second kappa shape index (κ2) is 5.73. The average molecular weight is 358 g/mol. The summed E-state index contributed by atoms with van der Waals surface area (Å²) < 4.78 is 1.58. The summed E-state index contributed by atoms with van der Waals surface area (Å²) in [6.45, 7) is 2.01. The van der Waals surface area contributed by atoms with E-state index in [2.05, 4.69) is 25.6 Å². The molecule has 0 spiro atoms. The maximum Gasteiger partial charge on any atom is 0.204 e. The number of benzene rings is 1. The fourth-order valence-corrected chi connectivity index (χ4v) is 3.09. The maximum absolute atomic E-state index is 5.95. The van der Waals surface area contributed by atoms with E-state index in [0.29, 0.717) is 28.0 Å². The van der Waals surface area contributed by atoms with Gasteiger partial charge in [0.25, 0.3) is 0 Å². The van der Waals surface area contributed by atoms with Gasteiger partial charge in [-0.1, -0.05) is 17.7 Å². The highest BCUT2D eigenvalue weighted by atomic mass is 35.5. The number of rotatable bonds is 3. The molecule has 4 aromatic rings. The monoisotopic (exact) mass is 357 g/mol. The van der Waals surface area contributed by atoms with Gasteiger partial charge in [-0.05, 0) is 36.8 Å². The molecule has 0 fully saturated rings. The number of fused-ring (bicyclic) bond motifs is 1. The maximum atomic E-state index is 5.95. The van der Waals surface area contributed by atoms with E-state index in [1.54, 1.807) is 16.6 Å². The van der Waals surface area contributed by atoms with Crippen LogP contribution in [0, 0.1) is 6.92 Å². The molecule has 4 rings (SSSR count). The quantitative estimate of drug-likeness (QED) is 0.545. The molecule has 1 aromatic carbocycles. The predicted molar refractivity (Wildman–Crippen MR) is 95.8 cm³/mol. The first-order chi connectivity index (χ1) is 11.6. The summed E-state index contributed by atoms with van der Waals surface area (Å²) in [7, 11) is 0. The largest absolute Gasteiger partial charge is 0.399 e. The Labute approximate surface area is 146 Å². The van der Waals surface area contributed by atoms with Crippen LogP contribution in [0.1, 0.15) is 5.56 Å². The van der Waals surface area contributed by atoms with E-state index in [1.807, 2.05) is 30.5 Å². The molecule has 0 atom stereocenters. The number of nitrogens with one attached hydrogen (secondary N) is 1. The topological polar surface area (TPSA) is 94.0 Å². The van der Waals surface area contributed by atoms with E-state index >= 15 is 0 Å². The third-order valence-electron chi connectivity index (χ3n) is 3.47. The third kappa shape index (κ3) is 2.66. The van der Waals surface area contributed by atoms with Crippen molar-refractivity contribution in [1.82, 2.24) is 24.8 Å². The highest BCUT2D eigenvalue weighted by Gasteiger charge is 2.14. The molecule has 0 saturated heterocycles. The molecule has 0 saturated carbocycles. The van der Waals surface area contributed by atoms with Crippen LogP contribution < -0.4 is 11.1 Å². The minimum absolute atomic E-state index is 0.368. The SMILES string of the molecule is Cc1ccc(N)cc1Nc1nc(-c2nnc3ccc(Cl)nn23)cs1. The number of hydrogen-bond donors (Lipinski definition) is 2. The number of aryl methyl sites for hydroxylation is 1. The molecule has 0 radical (unpaired) electrons. The molecular formula is C15H12ClN7S. The van der Waals surface area contributed by atoms with Crippen molar-refractivity contribution < 1.29 is 0 Å². The van der Waals surface area contributed by atoms with Gasteiger partial charge in [-0.15, -0.1) is 21.5 Å². The molecule has 24 heavy (non-hydrogen) atoms. The molecular weight excluding hydrogens is 346 g/mol. The molecule has 0 aliphatic carbocycles. The summed E-state index contributed by atoms with van der Waals surface area (Å²) in [5.41, 5.74) is 9.83. The van der Waals surface area contributed by atoms with Gasteiger partial charge in [-0.3, -0.25) is 0 Å². The minimum Gasteiger partial charge on any atom is -0.399 e. The molecule has 3 N–H and O–H groups in total. The molecule has 0 unspecified atom stereocenters. The van der Waals surface area contributed by atoms with E-state index < -0.39 is 0 Å². The summed E-state index contributed by atoms with van der Waals surface area (Å²) in [5, 5.41) is 18.7. The van der Waals surface area contributed by atoms with Crippen LogP contribution in [-0.2, 0) is 0 Å². The number of nitrogen functional groups attached to an aromatic ring is 1. The lowest BCUT2D eigenvalue weighted by atomic mass is 10.2. The second-order valence-electron chi connectivity index (χ2n) is 5.19. The molecule has 3 aromatic heterocycles. The first-order valence-corrected chi connectivity index (χ1v) is 8.33. The molecule has 120 valence electrons. The zero-order valence-electron chi connectivity index (χ0n) is 12.6. The highest BCUT2D eigenvalue weighted by Crippen LogP contribution is 2.28. The highest BCUT2D eigenvalue weighted by molar-refractivity contribution is 7.14. The molecule has 3 heterocycles. The van der Waals surface area contributed by atoms with Crippen LogP contribution in [0.5, 0.6) is 0 Å². The fourth-order valence-electron chi connectivity index (χ4n) is 2.25. The van der Waals surface area contributed by atoms with Crippen LogP contribution in [0.2, 0.25) is 5.15 Å². The lowest BCUT2D eigenvalue weighted by molar-refractivity contribution is 0.932. The number of anilines is 3. The van der Waals surface area contributed by atoms with Crippen molar-refractivity contribution >= 4 is 45.1 Å². The predicted octanol–water partition coefficient (Wildman–Crippen LogP) is 3.54. The van der Waals surface area contributed by atoms with Crippen LogP contribution in [-0.4, -0.2) is 24.8 Å². The summed E-state index contributed by atoms with van der Waals surface area (Å²) in [6, 6.07) is 9.14. The van der Waals surface area contributed by atoms with Crippen LogP contribution >= 0.6 is 22.9 Å². The number of halogens is 1. The van der Waals surface area contributed by atoms with Gasteiger partial charge in [0.2, 0.25) is 5.82 Å². The Hall–Kier alpha value is -2.71. The second-order valence-corrected chi connectivity index (χ2v) is 6.43. The van der Waals surface area contributed by atoms with Gasteiger partial charge in [-0.25, -0.2) is 4.98 Å². The van der Waals surface area contributed by atoms with Crippen molar-refractivity contribution in [2.45, 2.75) is 6.92 Å². The van der Waals surface area contributed by atoms with Gasteiger partial charge in [0.15, 0.2) is 10.8 Å². The van der Waals surface area contributed by atoms with Gasteiger partial charge < -0.3 is 11.1 Å². The van der Waals surface area contributed by atoms with Crippen molar-refractivity contribution in [3.63, 3.8) is 0 Å². The van der Waals surface area contributed by atoms with Gasteiger partial charge in [0.1, 0.15) is 10.8 Å². The van der Waals surface area contributed by atoms with Gasteiger partial charge in [-0.2, -0.15) is 9.61 Å². The summed E-state index contributed by atoms with van der Waals surface area (Å²) in [5.74, 6) is 0.543. The van der Waals surface area contributed by atoms with Crippen molar-refractivity contribution in [1.29, 1.82) is 0 Å². The van der Waals surface area contributed by atoms with Crippen LogP contribution in [0.25, 0.3) is 17.2 Å². The smallest absolute Gasteiger partial charge is 0.204 e. The number of hydrogen-bond acceptors (Lipinski definition) is 7. The number of aromatic nitrogens is 5. The Balaban J connectivity index is 1.69. The molecule has 0 bridgehead atoms. The van der Waals surface area contributed by atoms with Crippen molar-refractivity contribution in [2.75, 3.05) is 11.1 Å². The number of nitrogens with two attached hydrogens (primary N) is 1. The number of thiazole rings is 1. The molecule has 0 aliphatic heterocycles. The minimum atomic E-state index is 0.368. The number of nitrogens with zero attached hydrogens (tertiary/aromatic N) is 5. The summed E-state index contributed by atoms with van der Waals surface area (Å²) in [6.07, 6.45) is 0. The Morgan fingerprint density at radius 1 is 1.21 bits per heavy atom. The van der Waals surface area contributed by atoms with E-state index in [4.69, 9.17) is 17.3 Å². The molecule has 7 nitrogen and oxygen atoms in total.